The van der Waals surface area contributed by atoms with Crippen LogP contribution in [-0.4, -0.2) is 63.9 Å². The van der Waals surface area contributed by atoms with Crippen LogP contribution in [-0.2, 0) is 14.3 Å². The van der Waals surface area contributed by atoms with Gasteiger partial charge in [-0.25, -0.2) is 0 Å². The summed E-state index contributed by atoms with van der Waals surface area (Å²) < 4.78 is 5.09. The fourth-order valence-corrected chi connectivity index (χ4v) is 0.886. The number of carboxylic acids is 2. The Balaban J connectivity index is 0. The van der Waals surface area contributed by atoms with Crippen LogP contribution in [0.1, 0.15) is 26.7 Å². The normalized spacial score (nSPS) is 10.1. The third-order valence-corrected chi connectivity index (χ3v) is 2.27. The Morgan fingerprint density at radius 2 is 1.33 bits per heavy atom. The van der Waals surface area contributed by atoms with Crippen LogP contribution in [0.2, 0.25) is 0 Å². The van der Waals surface area contributed by atoms with Gasteiger partial charge in [-0.3, -0.25) is 9.59 Å². The highest BCUT2D eigenvalue weighted by Gasteiger charge is 2.28. The largest absolute Gasteiger partial charge is 0.500 e. The Bertz CT molecular complexity index is 307. The smallest absolute Gasteiger partial charge is 0.303 e. The van der Waals surface area contributed by atoms with Gasteiger partial charge in [0.2, 0.25) is 0 Å². The summed E-state index contributed by atoms with van der Waals surface area (Å²) in [6.45, 7) is 2.97. The van der Waals surface area contributed by atoms with Crippen molar-refractivity contribution in [1.82, 2.24) is 0 Å². The van der Waals surface area contributed by atoms with Crippen LogP contribution in [0.3, 0.4) is 0 Å². The van der Waals surface area contributed by atoms with Gasteiger partial charge < -0.3 is 30.3 Å². The average molecular weight is 308 g/mol. The standard InChI is InChI=1S/C9H18O4.C4H6O4/c1-8(2)3-13-7-9(4-10,5-11)6-12;5-3(6)1-2-4(7)8/h3,10-12H,4-7H2,1-2H3;1-2H2,(H,5,6)(H,7,8). The first-order valence-electron chi connectivity index (χ1n) is 6.24. The highest BCUT2D eigenvalue weighted by molar-refractivity contribution is 5.75. The molecule has 0 bridgehead atoms. The second kappa shape index (κ2) is 12.1. The number of allylic oxidation sites excluding steroid dienone is 1. The molecule has 8 nitrogen and oxygen atoms in total. The molecule has 0 saturated heterocycles. The van der Waals surface area contributed by atoms with Crippen molar-refractivity contribution in [3.63, 3.8) is 0 Å². The fraction of sp³-hybridized carbons (Fsp3) is 0.692. The zero-order chi connectivity index (χ0) is 16.9. The predicted octanol–water partition coefficient (Wildman–Crippen LogP) is -0.174. The zero-order valence-corrected chi connectivity index (χ0v) is 12.3. The van der Waals surface area contributed by atoms with Crippen molar-refractivity contribution in [1.29, 1.82) is 0 Å². The quantitative estimate of drug-likeness (QED) is 0.369. The number of aliphatic hydroxyl groups is 3. The minimum absolute atomic E-state index is 0.113. The van der Waals surface area contributed by atoms with Crippen LogP contribution in [0, 0.1) is 5.41 Å². The summed E-state index contributed by atoms with van der Waals surface area (Å²) in [6, 6.07) is 0. The summed E-state index contributed by atoms with van der Waals surface area (Å²) in [7, 11) is 0. The van der Waals surface area contributed by atoms with E-state index in [-0.39, 0.29) is 39.3 Å². The van der Waals surface area contributed by atoms with E-state index in [1.165, 1.54) is 6.26 Å². The molecule has 0 aromatic heterocycles. The lowest BCUT2D eigenvalue weighted by molar-refractivity contribution is -0.143. The molecule has 8 heteroatoms. The van der Waals surface area contributed by atoms with Gasteiger partial charge in [-0.15, -0.1) is 0 Å². The number of hydrogen-bond acceptors (Lipinski definition) is 6. The Kier molecular flexibility index (Phi) is 12.5. The lowest BCUT2D eigenvalue weighted by Gasteiger charge is -2.26. The molecule has 0 aliphatic carbocycles. The van der Waals surface area contributed by atoms with Gasteiger partial charge in [-0.05, 0) is 19.4 Å². The molecule has 5 N–H and O–H groups in total. The SMILES string of the molecule is CC(C)=COCC(CO)(CO)CO.O=C(O)CCC(=O)O. The van der Waals surface area contributed by atoms with Gasteiger partial charge in [0.25, 0.3) is 0 Å². The summed E-state index contributed by atoms with van der Waals surface area (Å²) in [6.07, 6.45) is 0.945. The van der Waals surface area contributed by atoms with Crippen LogP contribution in [0.25, 0.3) is 0 Å². The first-order chi connectivity index (χ1) is 9.72. The zero-order valence-electron chi connectivity index (χ0n) is 12.3. The lowest BCUT2D eigenvalue weighted by atomic mass is 9.93. The van der Waals surface area contributed by atoms with Crippen molar-refractivity contribution >= 4 is 11.9 Å². The predicted molar refractivity (Wildman–Crippen MR) is 73.6 cm³/mol. The van der Waals surface area contributed by atoms with Gasteiger partial charge in [-0.1, -0.05) is 0 Å². The van der Waals surface area contributed by atoms with Crippen molar-refractivity contribution in [2.75, 3.05) is 26.4 Å². The van der Waals surface area contributed by atoms with E-state index in [1.54, 1.807) is 0 Å². The summed E-state index contributed by atoms with van der Waals surface area (Å²) >= 11 is 0. The number of ether oxygens (including phenoxy) is 1. The van der Waals surface area contributed by atoms with E-state index in [0.717, 1.165) is 5.57 Å². The highest BCUT2D eigenvalue weighted by Crippen LogP contribution is 2.15. The van der Waals surface area contributed by atoms with Crippen molar-refractivity contribution in [2.45, 2.75) is 26.7 Å². The molecule has 0 spiro atoms. The van der Waals surface area contributed by atoms with Crippen LogP contribution < -0.4 is 0 Å². The Morgan fingerprint density at radius 1 is 0.952 bits per heavy atom. The van der Waals surface area contributed by atoms with Gasteiger partial charge in [0, 0.05) is 0 Å². The van der Waals surface area contributed by atoms with E-state index in [0.29, 0.717) is 0 Å². The number of aliphatic carboxylic acids is 2. The highest BCUT2D eigenvalue weighted by atomic mass is 16.5. The Hall–Kier alpha value is -1.64. The van der Waals surface area contributed by atoms with Gasteiger partial charge >= 0.3 is 11.9 Å². The molecule has 0 unspecified atom stereocenters. The molecule has 0 heterocycles. The molecule has 0 fully saturated rings. The molecule has 0 saturated carbocycles. The lowest BCUT2D eigenvalue weighted by Crippen LogP contribution is -2.38. The topological polar surface area (TPSA) is 145 Å². The van der Waals surface area contributed by atoms with Crippen molar-refractivity contribution < 1.29 is 39.9 Å². The molecule has 21 heavy (non-hydrogen) atoms. The van der Waals surface area contributed by atoms with E-state index in [4.69, 9.17) is 30.3 Å². The molecule has 0 rings (SSSR count). The summed E-state index contributed by atoms with van der Waals surface area (Å²) in [5, 5.41) is 42.6. The van der Waals surface area contributed by atoms with Crippen LogP contribution in [0.15, 0.2) is 11.8 Å². The van der Waals surface area contributed by atoms with E-state index in [2.05, 4.69) is 0 Å². The Morgan fingerprint density at radius 3 is 1.57 bits per heavy atom. The molecular formula is C13H24O8. The van der Waals surface area contributed by atoms with E-state index in [1.807, 2.05) is 13.8 Å². The van der Waals surface area contributed by atoms with Gasteiger partial charge in [0.1, 0.15) is 0 Å². The number of carbonyl (C=O) groups is 2. The first kappa shape index (κ1) is 21.7. The molecule has 124 valence electrons. The van der Waals surface area contributed by atoms with E-state index >= 15 is 0 Å². The van der Waals surface area contributed by atoms with Crippen molar-refractivity contribution in [2.24, 2.45) is 5.41 Å². The fourth-order valence-electron chi connectivity index (χ4n) is 0.886. The van der Waals surface area contributed by atoms with Gasteiger partial charge in [0.05, 0.1) is 50.9 Å². The second-order valence-corrected chi connectivity index (χ2v) is 4.77. The van der Waals surface area contributed by atoms with Crippen LogP contribution in [0.4, 0.5) is 0 Å². The van der Waals surface area contributed by atoms with Gasteiger partial charge in [0.15, 0.2) is 0 Å². The van der Waals surface area contributed by atoms with E-state index < -0.39 is 17.4 Å². The van der Waals surface area contributed by atoms with Crippen molar-refractivity contribution in [3.8, 4) is 0 Å². The minimum Gasteiger partial charge on any atom is -0.500 e. The maximum Gasteiger partial charge on any atom is 0.303 e. The molecule has 0 amide bonds. The minimum atomic E-state index is -1.08. The third kappa shape index (κ3) is 13.1. The maximum absolute atomic E-state index is 9.64. The number of carboxylic acid groups (broad SMARTS) is 2. The average Bonchev–Trinajstić information content (AvgIpc) is 2.42. The van der Waals surface area contributed by atoms with Crippen molar-refractivity contribution in [3.05, 3.63) is 11.8 Å². The maximum atomic E-state index is 9.64. The molecule has 0 aromatic carbocycles. The second-order valence-electron chi connectivity index (χ2n) is 4.77. The van der Waals surface area contributed by atoms with Crippen LogP contribution >= 0.6 is 0 Å². The third-order valence-electron chi connectivity index (χ3n) is 2.27. The summed E-state index contributed by atoms with van der Waals surface area (Å²) in [4.78, 5) is 19.3. The molecular weight excluding hydrogens is 284 g/mol. The van der Waals surface area contributed by atoms with E-state index in [9.17, 15) is 9.59 Å². The molecule has 0 atom stereocenters. The van der Waals surface area contributed by atoms with Gasteiger partial charge in [-0.2, -0.15) is 0 Å². The summed E-state index contributed by atoms with van der Waals surface area (Å²) in [5.41, 5.74) is 0.0501. The number of rotatable bonds is 9. The van der Waals surface area contributed by atoms with Crippen LogP contribution in [0.5, 0.6) is 0 Å². The monoisotopic (exact) mass is 308 g/mol. The molecule has 0 aromatic rings. The first-order valence-corrected chi connectivity index (χ1v) is 6.24. The number of aliphatic hydroxyl groups excluding tert-OH is 3. The Labute approximate surface area is 123 Å². The number of hydrogen-bond donors (Lipinski definition) is 5. The summed E-state index contributed by atoms with van der Waals surface area (Å²) in [5.74, 6) is -2.15. The molecule has 0 aliphatic rings. The molecule has 0 radical (unpaired) electrons. The molecule has 0 aliphatic heterocycles.